The summed E-state index contributed by atoms with van der Waals surface area (Å²) in [6, 6.07) is 0.702. The smallest absolute Gasteiger partial charge is 0.0794 e. The van der Waals surface area contributed by atoms with E-state index >= 15 is 0 Å². The van der Waals surface area contributed by atoms with Gasteiger partial charge in [-0.25, -0.2) is 4.98 Å². The lowest BCUT2D eigenvalue weighted by Crippen LogP contribution is -2.33. The number of thiazole rings is 1. The average Bonchev–Trinajstić information content (AvgIpc) is 2.75. The Morgan fingerprint density at radius 3 is 2.88 bits per heavy atom. The number of rotatable bonds is 4. The van der Waals surface area contributed by atoms with E-state index < -0.39 is 0 Å². The zero-order valence-electron chi connectivity index (χ0n) is 10.5. The summed E-state index contributed by atoms with van der Waals surface area (Å²) in [4.78, 5) is 4.31. The van der Waals surface area contributed by atoms with Gasteiger partial charge in [0.05, 0.1) is 11.2 Å². The normalized spacial score (nSPS) is 28.4. The van der Waals surface area contributed by atoms with Crippen molar-refractivity contribution in [3.05, 3.63) is 16.6 Å². The van der Waals surface area contributed by atoms with Crippen LogP contribution < -0.4 is 5.32 Å². The minimum absolute atomic E-state index is 0.526. The molecule has 16 heavy (non-hydrogen) atoms. The summed E-state index contributed by atoms with van der Waals surface area (Å²) in [5.41, 5.74) is 3.66. The van der Waals surface area contributed by atoms with Crippen molar-refractivity contribution in [3.8, 4) is 0 Å². The molecule has 0 aromatic carbocycles. The molecular formula is C13H22N2S. The second kappa shape index (κ2) is 4.84. The van der Waals surface area contributed by atoms with E-state index in [0.29, 0.717) is 11.5 Å². The van der Waals surface area contributed by atoms with Crippen molar-refractivity contribution < 1.29 is 0 Å². The van der Waals surface area contributed by atoms with Crippen molar-refractivity contribution in [1.29, 1.82) is 0 Å². The Morgan fingerprint density at radius 2 is 2.31 bits per heavy atom. The predicted molar refractivity (Wildman–Crippen MR) is 69.8 cm³/mol. The van der Waals surface area contributed by atoms with E-state index in [1.165, 1.54) is 18.5 Å². The zero-order valence-corrected chi connectivity index (χ0v) is 11.3. The van der Waals surface area contributed by atoms with Crippen molar-refractivity contribution in [2.45, 2.75) is 46.1 Å². The third kappa shape index (κ3) is 3.05. The minimum atomic E-state index is 0.526. The summed E-state index contributed by atoms with van der Waals surface area (Å²) in [7, 11) is 0. The minimum Gasteiger partial charge on any atom is -0.313 e. The third-order valence-electron chi connectivity index (χ3n) is 3.61. The molecule has 2 nitrogen and oxygen atoms in total. The van der Waals surface area contributed by atoms with Gasteiger partial charge in [-0.1, -0.05) is 20.8 Å². The second-order valence-corrected chi connectivity index (χ2v) is 6.56. The summed E-state index contributed by atoms with van der Waals surface area (Å²) < 4.78 is 0. The fourth-order valence-corrected chi connectivity index (χ4v) is 3.51. The van der Waals surface area contributed by atoms with Crippen LogP contribution in [0.5, 0.6) is 0 Å². The van der Waals surface area contributed by atoms with Gasteiger partial charge in [-0.2, -0.15) is 0 Å². The first-order chi connectivity index (χ1) is 7.57. The number of nitrogens with one attached hydrogen (secondary N) is 1. The maximum Gasteiger partial charge on any atom is 0.0794 e. The molecule has 3 heteroatoms. The third-order valence-corrected chi connectivity index (χ3v) is 4.24. The van der Waals surface area contributed by atoms with Crippen LogP contribution >= 0.6 is 11.3 Å². The fraction of sp³-hybridized carbons (Fsp3) is 0.769. The van der Waals surface area contributed by atoms with Gasteiger partial charge in [-0.05, 0) is 24.2 Å². The lowest BCUT2D eigenvalue weighted by atomic mass is 9.91. The first-order valence-electron chi connectivity index (χ1n) is 6.17. The summed E-state index contributed by atoms with van der Waals surface area (Å²) in [6.45, 7) is 8.20. The number of nitrogens with zero attached hydrogens (tertiary/aromatic N) is 1. The van der Waals surface area contributed by atoms with Crippen LogP contribution in [0.1, 0.15) is 39.3 Å². The Labute approximate surface area is 102 Å². The second-order valence-electron chi connectivity index (χ2n) is 5.84. The van der Waals surface area contributed by atoms with Gasteiger partial charge in [0.2, 0.25) is 0 Å². The molecule has 1 aromatic rings. The van der Waals surface area contributed by atoms with Crippen molar-refractivity contribution in [2.75, 3.05) is 6.54 Å². The van der Waals surface area contributed by atoms with Crippen molar-refractivity contribution in [1.82, 2.24) is 10.3 Å². The highest BCUT2D eigenvalue weighted by atomic mass is 32.1. The molecule has 0 aliphatic heterocycles. The summed E-state index contributed by atoms with van der Waals surface area (Å²) in [5.74, 6) is 0.811. The van der Waals surface area contributed by atoms with Gasteiger partial charge in [-0.15, -0.1) is 11.3 Å². The highest BCUT2D eigenvalue weighted by Gasteiger charge is 2.35. The van der Waals surface area contributed by atoms with Gasteiger partial charge in [-0.3, -0.25) is 0 Å². The number of hydrogen-bond acceptors (Lipinski definition) is 3. The molecule has 0 radical (unpaired) electrons. The Kier molecular flexibility index (Phi) is 3.65. The lowest BCUT2D eigenvalue weighted by molar-refractivity contribution is 0.362. The Hall–Kier alpha value is -0.410. The molecule has 0 spiro atoms. The highest BCUT2D eigenvalue weighted by molar-refractivity contribution is 7.07. The van der Waals surface area contributed by atoms with E-state index in [1.54, 1.807) is 11.3 Å². The van der Waals surface area contributed by atoms with Crippen LogP contribution in [0.25, 0.3) is 0 Å². The van der Waals surface area contributed by atoms with Crippen LogP contribution in [-0.2, 0) is 6.42 Å². The molecule has 0 saturated heterocycles. The fourth-order valence-electron chi connectivity index (χ4n) is 2.91. The van der Waals surface area contributed by atoms with Gasteiger partial charge >= 0.3 is 0 Å². The van der Waals surface area contributed by atoms with E-state index in [2.05, 4.69) is 36.5 Å². The van der Waals surface area contributed by atoms with E-state index in [0.717, 1.165) is 18.9 Å². The first-order valence-corrected chi connectivity index (χ1v) is 7.11. The van der Waals surface area contributed by atoms with Crippen LogP contribution in [-0.4, -0.2) is 17.6 Å². The van der Waals surface area contributed by atoms with Crippen LogP contribution in [0.3, 0.4) is 0 Å². The van der Waals surface area contributed by atoms with E-state index in [-0.39, 0.29) is 0 Å². The standard InChI is InChI=1S/C13H22N2S/c1-10-6-13(2,3)7-12(10)14-5-4-11-8-16-9-15-11/h8-10,12,14H,4-7H2,1-3H3. The molecule has 1 aliphatic carbocycles. The SMILES string of the molecule is CC1CC(C)(C)CC1NCCc1cscn1. The molecular weight excluding hydrogens is 216 g/mol. The van der Waals surface area contributed by atoms with Crippen LogP contribution in [0.15, 0.2) is 10.9 Å². The monoisotopic (exact) mass is 238 g/mol. The van der Waals surface area contributed by atoms with Crippen molar-refractivity contribution in [3.63, 3.8) is 0 Å². The van der Waals surface area contributed by atoms with Gasteiger partial charge in [0.15, 0.2) is 0 Å². The van der Waals surface area contributed by atoms with Crippen LogP contribution in [0, 0.1) is 11.3 Å². The molecule has 1 fully saturated rings. The molecule has 1 aromatic heterocycles. The molecule has 0 amide bonds. The first kappa shape index (κ1) is 12.1. The van der Waals surface area contributed by atoms with Crippen LogP contribution in [0.4, 0.5) is 0 Å². The van der Waals surface area contributed by atoms with Gasteiger partial charge in [0, 0.05) is 24.4 Å². The lowest BCUT2D eigenvalue weighted by Gasteiger charge is -2.18. The Balaban J connectivity index is 1.74. The summed E-state index contributed by atoms with van der Waals surface area (Å²) in [6.07, 6.45) is 3.72. The van der Waals surface area contributed by atoms with E-state index in [1.807, 2.05) is 5.51 Å². The molecule has 0 bridgehead atoms. The van der Waals surface area contributed by atoms with E-state index in [9.17, 15) is 0 Å². The maximum absolute atomic E-state index is 4.31. The zero-order chi connectivity index (χ0) is 11.6. The highest BCUT2D eigenvalue weighted by Crippen LogP contribution is 2.40. The predicted octanol–water partition coefficient (Wildman–Crippen LogP) is 3.10. The molecule has 2 rings (SSSR count). The van der Waals surface area contributed by atoms with Gasteiger partial charge < -0.3 is 5.32 Å². The quantitative estimate of drug-likeness (QED) is 0.872. The van der Waals surface area contributed by atoms with E-state index in [4.69, 9.17) is 0 Å². The van der Waals surface area contributed by atoms with Crippen LogP contribution in [0.2, 0.25) is 0 Å². The molecule has 1 saturated carbocycles. The van der Waals surface area contributed by atoms with Crippen molar-refractivity contribution >= 4 is 11.3 Å². The largest absolute Gasteiger partial charge is 0.313 e. The molecule has 90 valence electrons. The van der Waals surface area contributed by atoms with Gasteiger partial charge in [0.25, 0.3) is 0 Å². The molecule has 2 atom stereocenters. The van der Waals surface area contributed by atoms with Gasteiger partial charge in [0.1, 0.15) is 0 Å². The number of aromatic nitrogens is 1. The average molecular weight is 238 g/mol. The topological polar surface area (TPSA) is 24.9 Å². The maximum atomic E-state index is 4.31. The molecule has 1 aliphatic rings. The molecule has 2 unspecified atom stereocenters. The Morgan fingerprint density at radius 1 is 1.50 bits per heavy atom. The summed E-state index contributed by atoms with van der Waals surface area (Å²) >= 11 is 1.68. The summed E-state index contributed by atoms with van der Waals surface area (Å²) in [5, 5.41) is 5.83. The molecule has 1 heterocycles. The number of hydrogen-bond donors (Lipinski definition) is 1. The Bertz CT molecular complexity index is 319. The molecule has 1 N–H and O–H groups in total. The van der Waals surface area contributed by atoms with Crippen molar-refractivity contribution in [2.24, 2.45) is 11.3 Å².